The number of aryl methyl sites for hydroxylation is 1. The Bertz CT molecular complexity index is 717. The molecule has 7 nitrogen and oxygen atoms in total. The van der Waals surface area contributed by atoms with Gasteiger partial charge in [-0.15, -0.1) is 12.4 Å². The van der Waals surface area contributed by atoms with Crippen LogP contribution >= 0.6 is 12.4 Å². The molecule has 2 fully saturated rings. The topological polar surface area (TPSA) is 92.6 Å². The summed E-state index contributed by atoms with van der Waals surface area (Å²) in [5.41, 5.74) is 0.336. The summed E-state index contributed by atoms with van der Waals surface area (Å²) >= 11 is 0. The third kappa shape index (κ3) is 3.21. The lowest BCUT2D eigenvalue weighted by Crippen LogP contribution is -2.33. The van der Waals surface area contributed by atoms with Gasteiger partial charge in [0.1, 0.15) is 0 Å². The van der Waals surface area contributed by atoms with Crippen molar-refractivity contribution in [2.75, 3.05) is 26.2 Å². The highest BCUT2D eigenvalue weighted by Gasteiger charge is 2.44. The minimum atomic E-state index is -3.67. The first kappa shape index (κ1) is 18.1. The van der Waals surface area contributed by atoms with Crippen molar-refractivity contribution in [2.45, 2.75) is 24.7 Å². The Morgan fingerprint density at radius 2 is 2.09 bits per heavy atom. The second kappa shape index (κ2) is 6.35. The zero-order valence-corrected chi connectivity index (χ0v) is 14.5. The van der Waals surface area contributed by atoms with Gasteiger partial charge in [0.25, 0.3) is 5.69 Å². The fourth-order valence-corrected chi connectivity index (χ4v) is 4.91. The van der Waals surface area contributed by atoms with Crippen LogP contribution in [0.3, 0.4) is 0 Å². The first-order valence-electron chi connectivity index (χ1n) is 7.30. The minimum absolute atomic E-state index is 0. The molecular formula is C14H20ClN3O4S. The monoisotopic (exact) mass is 361 g/mol. The lowest BCUT2D eigenvalue weighted by Gasteiger charge is -2.22. The quantitative estimate of drug-likeness (QED) is 0.653. The van der Waals surface area contributed by atoms with Crippen LogP contribution in [0.5, 0.6) is 0 Å². The Hall–Kier alpha value is -1.22. The van der Waals surface area contributed by atoms with Gasteiger partial charge in [-0.3, -0.25) is 10.1 Å². The molecule has 1 unspecified atom stereocenters. The van der Waals surface area contributed by atoms with Gasteiger partial charge in [-0.05, 0) is 37.8 Å². The molecule has 1 atom stereocenters. The molecule has 128 valence electrons. The van der Waals surface area contributed by atoms with Crippen molar-refractivity contribution >= 4 is 28.1 Å². The van der Waals surface area contributed by atoms with E-state index in [1.54, 1.807) is 6.92 Å². The molecule has 23 heavy (non-hydrogen) atoms. The van der Waals surface area contributed by atoms with E-state index in [9.17, 15) is 18.5 Å². The van der Waals surface area contributed by atoms with Crippen molar-refractivity contribution in [2.24, 2.45) is 5.41 Å². The van der Waals surface area contributed by atoms with Gasteiger partial charge in [0.05, 0.1) is 9.82 Å². The summed E-state index contributed by atoms with van der Waals surface area (Å²) in [6.07, 6.45) is 1.82. The summed E-state index contributed by atoms with van der Waals surface area (Å²) in [5.74, 6) is 0. The van der Waals surface area contributed by atoms with Crippen molar-refractivity contribution in [1.29, 1.82) is 0 Å². The van der Waals surface area contributed by atoms with Gasteiger partial charge in [0.15, 0.2) is 0 Å². The van der Waals surface area contributed by atoms with Crippen LogP contribution in [-0.4, -0.2) is 43.8 Å². The number of sulfonamides is 1. The number of nitro groups is 1. The van der Waals surface area contributed by atoms with Gasteiger partial charge in [-0.25, -0.2) is 8.42 Å². The van der Waals surface area contributed by atoms with E-state index in [0.717, 1.165) is 25.9 Å². The lowest BCUT2D eigenvalue weighted by molar-refractivity contribution is -0.385. The van der Waals surface area contributed by atoms with E-state index in [1.807, 2.05) is 0 Å². The van der Waals surface area contributed by atoms with Crippen LogP contribution in [0.15, 0.2) is 23.1 Å². The number of nitrogens with zero attached hydrogens (tertiary/aromatic N) is 2. The van der Waals surface area contributed by atoms with Crippen LogP contribution in [0.4, 0.5) is 5.69 Å². The van der Waals surface area contributed by atoms with E-state index < -0.39 is 14.9 Å². The smallest absolute Gasteiger partial charge is 0.273 e. The SMILES string of the molecule is Cc1ccc(S(=O)(=O)N2CCC3(CCNC3)C2)cc1[N+](=O)[O-].Cl. The first-order valence-corrected chi connectivity index (χ1v) is 8.74. The molecule has 1 aromatic rings. The third-order valence-electron chi connectivity index (χ3n) is 4.75. The van der Waals surface area contributed by atoms with E-state index in [4.69, 9.17) is 0 Å². The number of nitrogens with one attached hydrogen (secondary N) is 1. The molecule has 2 saturated heterocycles. The van der Waals surface area contributed by atoms with Crippen molar-refractivity contribution in [3.63, 3.8) is 0 Å². The van der Waals surface area contributed by atoms with Crippen LogP contribution in [0, 0.1) is 22.5 Å². The number of hydrogen-bond donors (Lipinski definition) is 1. The summed E-state index contributed by atoms with van der Waals surface area (Å²) in [6.45, 7) is 4.33. The molecule has 0 aliphatic carbocycles. The second-order valence-electron chi connectivity index (χ2n) is 6.22. The Morgan fingerprint density at radius 1 is 1.35 bits per heavy atom. The molecule has 1 aromatic carbocycles. The zero-order chi connectivity index (χ0) is 16.0. The summed E-state index contributed by atoms with van der Waals surface area (Å²) in [4.78, 5) is 10.5. The number of nitro benzene ring substituents is 1. The van der Waals surface area contributed by atoms with Crippen molar-refractivity contribution in [3.8, 4) is 0 Å². The maximum Gasteiger partial charge on any atom is 0.273 e. The van der Waals surface area contributed by atoms with E-state index in [2.05, 4.69) is 5.32 Å². The molecule has 3 rings (SSSR count). The highest BCUT2D eigenvalue weighted by molar-refractivity contribution is 7.89. The maximum atomic E-state index is 12.7. The van der Waals surface area contributed by atoms with Gasteiger partial charge in [0, 0.05) is 31.3 Å². The molecule has 2 heterocycles. The van der Waals surface area contributed by atoms with Gasteiger partial charge in [0.2, 0.25) is 10.0 Å². The molecule has 9 heteroatoms. The Balaban J connectivity index is 0.00000192. The van der Waals surface area contributed by atoms with Gasteiger partial charge in [-0.1, -0.05) is 6.07 Å². The summed E-state index contributed by atoms with van der Waals surface area (Å²) in [7, 11) is -3.67. The average molecular weight is 362 g/mol. The fraction of sp³-hybridized carbons (Fsp3) is 0.571. The van der Waals surface area contributed by atoms with E-state index >= 15 is 0 Å². The highest BCUT2D eigenvalue weighted by atomic mass is 35.5. The maximum absolute atomic E-state index is 12.7. The molecule has 0 radical (unpaired) electrons. The summed E-state index contributed by atoms with van der Waals surface area (Å²) in [6, 6.07) is 4.12. The number of rotatable bonds is 3. The second-order valence-corrected chi connectivity index (χ2v) is 8.16. The predicted molar refractivity (Wildman–Crippen MR) is 88.4 cm³/mol. The highest BCUT2D eigenvalue weighted by Crippen LogP contribution is 2.38. The van der Waals surface area contributed by atoms with Gasteiger partial charge in [-0.2, -0.15) is 4.31 Å². The number of halogens is 1. The summed E-state index contributed by atoms with van der Waals surface area (Å²) in [5, 5.41) is 14.3. The zero-order valence-electron chi connectivity index (χ0n) is 12.8. The predicted octanol–water partition coefficient (Wildman–Crippen LogP) is 1.70. The van der Waals surface area contributed by atoms with Crippen molar-refractivity contribution in [1.82, 2.24) is 9.62 Å². The standard InChI is InChI=1S/C14H19N3O4S.ClH/c1-11-2-3-12(8-13(11)17(18)19)22(20,21)16-7-5-14(10-16)4-6-15-9-14;/h2-3,8,15H,4-7,9-10H2,1H3;1H. The Morgan fingerprint density at radius 3 is 2.70 bits per heavy atom. The molecule has 0 bridgehead atoms. The Labute approximate surface area is 141 Å². The summed E-state index contributed by atoms with van der Waals surface area (Å²) < 4.78 is 27.0. The molecule has 0 amide bonds. The van der Waals surface area contributed by atoms with Crippen LogP contribution in [-0.2, 0) is 10.0 Å². The van der Waals surface area contributed by atoms with Crippen LogP contribution in [0.1, 0.15) is 18.4 Å². The Kier molecular flexibility index (Phi) is 5.00. The normalized spacial score (nSPS) is 24.7. The molecule has 2 aliphatic rings. The van der Waals surface area contributed by atoms with E-state index in [1.165, 1.54) is 22.5 Å². The number of benzene rings is 1. The van der Waals surface area contributed by atoms with Crippen molar-refractivity contribution in [3.05, 3.63) is 33.9 Å². The van der Waals surface area contributed by atoms with Crippen LogP contribution in [0.25, 0.3) is 0 Å². The molecule has 2 aliphatic heterocycles. The molecule has 1 spiro atoms. The molecular weight excluding hydrogens is 342 g/mol. The average Bonchev–Trinajstić information content (AvgIpc) is 3.10. The molecule has 1 N–H and O–H groups in total. The van der Waals surface area contributed by atoms with Gasteiger partial charge < -0.3 is 5.32 Å². The van der Waals surface area contributed by atoms with E-state index in [0.29, 0.717) is 18.7 Å². The lowest BCUT2D eigenvalue weighted by atomic mass is 9.87. The van der Waals surface area contributed by atoms with Crippen molar-refractivity contribution < 1.29 is 13.3 Å². The fourth-order valence-electron chi connectivity index (χ4n) is 3.34. The van der Waals surface area contributed by atoms with Crippen LogP contribution in [0.2, 0.25) is 0 Å². The van der Waals surface area contributed by atoms with E-state index in [-0.39, 0.29) is 28.4 Å². The third-order valence-corrected chi connectivity index (χ3v) is 6.59. The first-order chi connectivity index (χ1) is 10.3. The van der Waals surface area contributed by atoms with Crippen LogP contribution < -0.4 is 5.32 Å². The molecule has 0 saturated carbocycles. The number of hydrogen-bond acceptors (Lipinski definition) is 5. The van der Waals surface area contributed by atoms with Gasteiger partial charge >= 0.3 is 0 Å². The largest absolute Gasteiger partial charge is 0.316 e. The molecule has 0 aromatic heterocycles. The minimum Gasteiger partial charge on any atom is -0.316 e.